The molecule has 5 rings (SSSR count). The van der Waals surface area contributed by atoms with Gasteiger partial charge in [-0.3, -0.25) is 14.4 Å². The molecule has 3 aliphatic heterocycles. The van der Waals surface area contributed by atoms with Gasteiger partial charge in [-0.15, -0.1) is 0 Å². The van der Waals surface area contributed by atoms with E-state index < -0.39 is 9.84 Å². The third kappa shape index (κ3) is 5.13. The lowest BCUT2D eigenvalue weighted by Crippen LogP contribution is -2.52. The highest BCUT2D eigenvalue weighted by Crippen LogP contribution is 2.36. The molecule has 0 spiro atoms. The molecular formula is C26H39N5O3S. The molecule has 35 heavy (non-hydrogen) atoms. The normalized spacial score (nSPS) is 27.2. The first kappa shape index (κ1) is 24.7. The number of hydrogen-bond acceptors (Lipinski definition) is 6. The van der Waals surface area contributed by atoms with Crippen LogP contribution < -0.4 is 5.32 Å². The van der Waals surface area contributed by atoms with E-state index in [0.29, 0.717) is 35.3 Å². The summed E-state index contributed by atoms with van der Waals surface area (Å²) in [5.41, 5.74) is 1.53. The maximum absolute atomic E-state index is 13.3. The highest BCUT2D eigenvalue weighted by atomic mass is 32.2. The standard InChI is InChI=1S/C26H39N5O3S/c1-18(2)31-24-7-5-4-6-23(24)25(28-31)26(32)27-19-16-21-8-9-22(17-19)30(21)13-12-29(3)20-10-14-35(33,34)15-11-20/h4-7,18-22H,8-17H2,1-3H3,(H,27,32)/t19?,21-,22+. The van der Waals surface area contributed by atoms with Crippen LogP contribution in [-0.4, -0.2) is 89.7 Å². The van der Waals surface area contributed by atoms with E-state index in [1.54, 1.807) is 0 Å². The van der Waals surface area contributed by atoms with Gasteiger partial charge in [0, 0.05) is 48.7 Å². The summed E-state index contributed by atoms with van der Waals surface area (Å²) in [5.74, 6) is 0.581. The number of likely N-dealkylation sites (N-methyl/N-ethyl adjacent to an activating group) is 1. The number of para-hydroxylation sites is 1. The Balaban J connectivity index is 1.18. The molecule has 3 fully saturated rings. The monoisotopic (exact) mass is 501 g/mol. The maximum atomic E-state index is 13.3. The number of carbonyl (C=O) groups is 1. The number of carbonyl (C=O) groups excluding carboxylic acids is 1. The lowest BCUT2D eigenvalue weighted by Gasteiger charge is -2.40. The Hall–Kier alpha value is -1.97. The number of fused-ring (bicyclic) bond motifs is 3. The topological polar surface area (TPSA) is 87.5 Å². The van der Waals surface area contributed by atoms with Crippen molar-refractivity contribution in [2.45, 2.75) is 82.6 Å². The molecule has 1 aromatic heterocycles. The molecule has 0 saturated carbocycles. The number of piperidine rings is 1. The fourth-order valence-electron chi connectivity index (χ4n) is 6.44. The first-order valence-corrected chi connectivity index (χ1v) is 15.0. The first-order valence-electron chi connectivity index (χ1n) is 13.2. The number of aromatic nitrogens is 2. The van der Waals surface area contributed by atoms with Gasteiger partial charge in [0.1, 0.15) is 9.84 Å². The predicted octanol–water partition coefficient (Wildman–Crippen LogP) is 2.85. The summed E-state index contributed by atoms with van der Waals surface area (Å²) in [6, 6.07) is 9.72. The van der Waals surface area contributed by atoms with E-state index in [-0.39, 0.29) is 18.0 Å². The molecule has 1 unspecified atom stereocenters. The average molecular weight is 502 g/mol. The molecule has 9 heteroatoms. The Morgan fingerprint density at radius 1 is 1.11 bits per heavy atom. The molecule has 8 nitrogen and oxygen atoms in total. The van der Waals surface area contributed by atoms with E-state index in [4.69, 9.17) is 0 Å². The van der Waals surface area contributed by atoms with E-state index >= 15 is 0 Å². The molecule has 1 amide bonds. The van der Waals surface area contributed by atoms with Crippen molar-refractivity contribution in [2.24, 2.45) is 0 Å². The van der Waals surface area contributed by atoms with Crippen LogP contribution >= 0.6 is 0 Å². The first-order chi connectivity index (χ1) is 16.7. The van der Waals surface area contributed by atoms with Crippen molar-refractivity contribution < 1.29 is 13.2 Å². The molecule has 1 N–H and O–H groups in total. The van der Waals surface area contributed by atoms with Gasteiger partial charge in [-0.1, -0.05) is 18.2 Å². The second kappa shape index (κ2) is 9.82. The van der Waals surface area contributed by atoms with Crippen LogP contribution in [0.2, 0.25) is 0 Å². The minimum atomic E-state index is -2.82. The molecule has 0 aliphatic carbocycles. The minimum absolute atomic E-state index is 0.0644. The third-order valence-electron chi connectivity index (χ3n) is 8.40. The van der Waals surface area contributed by atoms with Gasteiger partial charge in [0.2, 0.25) is 0 Å². The predicted molar refractivity (Wildman–Crippen MR) is 138 cm³/mol. The lowest BCUT2D eigenvalue weighted by molar-refractivity contribution is 0.0793. The largest absolute Gasteiger partial charge is 0.348 e. The quantitative estimate of drug-likeness (QED) is 0.628. The zero-order valence-electron chi connectivity index (χ0n) is 21.2. The van der Waals surface area contributed by atoms with Gasteiger partial charge in [-0.25, -0.2) is 8.42 Å². The van der Waals surface area contributed by atoms with E-state index in [2.05, 4.69) is 41.1 Å². The Morgan fingerprint density at radius 3 is 2.43 bits per heavy atom. The van der Waals surface area contributed by atoms with E-state index in [9.17, 15) is 13.2 Å². The molecule has 3 aliphatic rings. The Kier molecular flexibility index (Phi) is 6.94. The molecule has 0 radical (unpaired) electrons. The van der Waals surface area contributed by atoms with Gasteiger partial charge >= 0.3 is 0 Å². The zero-order chi connectivity index (χ0) is 24.7. The molecule has 192 valence electrons. The van der Waals surface area contributed by atoms with Crippen molar-refractivity contribution in [3.63, 3.8) is 0 Å². The summed E-state index contributed by atoms with van der Waals surface area (Å²) in [6.45, 7) is 6.15. The highest BCUT2D eigenvalue weighted by Gasteiger charge is 2.41. The summed E-state index contributed by atoms with van der Waals surface area (Å²) in [7, 11) is -0.684. The van der Waals surface area contributed by atoms with Crippen molar-refractivity contribution in [3.05, 3.63) is 30.0 Å². The SMILES string of the molecule is CC(C)n1nc(C(=O)NC2C[C@H]3CC[C@@H](C2)N3CCN(C)C2CCS(=O)(=O)CC2)c2ccccc21. The van der Waals surface area contributed by atoms with Gasteiger partial charge in [0.25, 0.3) is 5.91 Å². The number of sulfone groups is 1. The highest BCUT2D eigenvalue weighted by molar-refractivity contribution is 7.91. The van der Waals surface area contributed by atoms with Gasteiger partial charge in [0.05, 0.1) is 17.0 Å². The second-order valence-electron chi connectivity index (χ2n) is 11.0. The van der Waals surface area contributed by atoms with Crippen LogP contribution in [0.1, 0.15) is 68.9 Å². The zero-order valence-corrected chi connectivity index (χ0v) is 22.0. The Morgan fingerprint density at radius 2 is 1.77 bits per heavy atom. The van der Waals surface area contributed by atoms with E-state index in [0.717, 1.165) is 49.7 Å². The van der Waals surface area contributed by atoms with E-state index in [1.807, 2.05) is 28.9 Å². The summed E-state index contributed by atoms with van der Waals surface area (Å²) in [5, 5.41) is 8.91. The van der Waals surface area contributed by atoms with Gasteiger partial charge < -0.3 is 10.2 Å². The van der Waals surface area contributed by atoms with Crippen molar-refractivity contribution in [3.8, 4) is 0 Å². The van der Waals surface area contributed by atoms with Crippen LogP contribution in [0, 0.1) is 0 Å². The molecule has 4 heterocycles. The molecule has 2 bridgehead atoms. The number of nitrogens with zero attached hydrogens (tertiary/aromatic N) is 4. The van der Waals surface area contributed by atoms with E-state index in [1.165, 1.54) is 12.8 Å². The average Bonchev–Trinajstić information content (AvgIpc) is 3.32. The minimum Gasteiger partial charge on any atom is -0.348 e. The van der Waals surface area contributed by atoms with Crippen LogP contribution in [0.3, 0.4) is 0 Å². The Labute approximate surface area is 208 Å². The third-order valence-corrected chi connectivity index (χ3v) is 10.1. The molecule has 3 saturated heterocycles. The van der Waals surface area contributed by atoms with Crippen molar-refractivity contribution in [2.75, 3.05) is 31.6 Å². The second-order valence-corrected chi connectivity index (χ2v) is 13.3. The Bertz CT molecular complexity index is 1150. The van der Waals surface area contributed by atoms with Gasteiger partial charge in [0.15, 0.2) is 5.69 Å². The summed E-state index contributed by atoms with van der Waals surface area (Å²) >= 11 is 0. The van der Waals surface area contributed by atoms with Crippen LogP contribution in [0.4, 0.5) is 0 Å². The summed E-state index contributed by atoms with van der Waals surface area (Å²) in [6.07, 6.45) is 5.84. The molecule has 3 atom stereocenters. The number of nitrogens with one attached hydrogen (secondary N) is 1. The fraction of sp³-hybridized carbons (Fsp3) is 0.692. The van der Waals surface area contributed by atoms with Crippen molar-refractivity contribution in [1.82, 2.24) is 24.9 Å². The van der Waals surface area contributed by atoms with Crippen LogP contribution in [0.5, 0.6) is 0 Å². The fourth-order valence-corrected chi connectivity index (χ4v) is 7.90. The lowest BCUT2D eigenvalue weighted by atomic mass is 9.97. The number of rotatable bonds is 7. The van der Waals surface area contributed by atoms with Crippen LogP contribution in [0.15, 0.2) is 24.3 Å². The smallest absolute Gasteiger partial charge is 0.272 e. The summed E-state index contributed by atoms with van der Waals surface area (Å²) in [4.78, 5) is 18.3. The van der Waals surface area contributed by atoms with Crippen molar-refractivity contribution >= 4 is 26.6 Å². The summed E-state index contributed by atoms with van der Waals surface area (Å²) < 4.78 is 25.4. The van der Waals surface area contributed by atoms with Crippen LogP contribution in [0.25, 0.3) is 10.9 Å². The molecular weight excluding hydrogens is 462 g/mol. The maximum Gasteiger partial charge on any atom is 0.272 e. The number of benzene rings is 1. The van der Waals surface area contributed by atoms with Gasteiger partial charge in [-0.05, 0) is 65.5 Å². The number of hydrogen-bond donors (Lipinski definition) is 1. The molecule has 2 aromatic rings. The van der Waals surface area contributed by atoms with Gasteiger partial charge in [-0.2, -0.15) is 5.10 Å². The number of amides is 1. The van der Waals surface area contributed by atoms with Crippen LogP contribution in [-0.2, 0) is 9.84 Å². The van der Waals surface area contributed by atoms with Crippen molar-refractivity contribution in [1.29, 1.82) is 0 Å². The molecule has 1 aromatic carbocycles.